The van der Waals surface area contributed by atoms with Gasteiger partial charge in [-0.15, -0.1) is 0 Å². The van der Waals surface area contributed by atoms with Crippen LogP contribution in [0.2, 0.25) is 0 Å². The molecular formula is C14H13NO2S. The van der Waals surface area contributed by atoms with Crippen LogP contribution >= 0.6 is 0 Å². The number of hydrogen-bond donors (Lipinski definition) is 0. The van der Waals surface area contributed by atoms with E-state index in [1.807, 2.05) is 48.5 Å². The minimum absolute atomic E-state index is 0.763. The van der Waals surface area contributed by atoms with E-state index in [0.29, 0.717) is 0 Å². The third kappa shape index (κ3) is 1.69. The maximum absolute atomic E-state index is 12.0. The Morgan fingerprint density at radius 3 is 1.78 bits per heavy atom. The Kier molecular flexibility index (Phi) is 2.41. The minimum Gasteiger partial charge on any atom is -0.238 e. The van der Waals surface area contributed by atoms with E-state index >= 15 is 0 Å². The molecule has 0 atom stereocenters. The number of hydrogen-bond acceptors (Lipinski definition) is 2. The van der Waals surface area contributed by atoms with E-state index in [1.54, 1.807) is 0 Å². The molecule has 3 rings (SSSR count). The Hall–Kier alpha value is -1.81. The van der Waals surface area contributed by atoms with Gasteiger partial charge in [-0.1, -0.05) is 36.4 Å². The number of anilines is 2. The fourth-order valence-electron chi connectivity index (χ4n) is 2.41. The Morgan fingerprint density at radius 2 is 1.33 bits per heavy atom. The van der Waals surface area contributed by atoms with Crippen molar-refractivity contribution in [1.29, 1.82) is 0 Å². The average Bonchev–Trinajstić information content (AvgIpc) is 2.34. The minimum atomic E-state index is -3.32. The first-order valence-electron chi connectivity index (χ1n) is 5.73. The maximum atomic E-state index is 12.0. The third-order valence-electron chi connectivity index (χ3n) is 3.13. The van der Waals surface area contributed by atoms with Gasteiger partial charge in [-0.05, 0) is 23.3 Å². The van der Waals surface area contributed by atoms with Crippen molar-refractivity contribution in [1.82, 2.24) is 0 Å². The zero-order valence-corrected chi connectivity index (χ0v) is 10.8. The lowest BCUT2D eigenvalue weighted by atomic mass is 9.97. The van der Waals surface area contributed by atoms with E-state index in [1.165, 1.54) is 10.6 Å². The number of fused-ring (bicyclic) bond motifs is 2. The van der Waals surface area contributed by atoms with Crippen LogP contribution in [0.4, 0.5) is 11.4 Å². The molecule has 4 heteroatoms. The van der Waals surface area contributed by atoms with Crippen molar-refractivity contribution in [3.05, 3.63) is 59.7 Å². The van der Waals surface area contributed by atoms with Gasteiger partial charge in [0, 0.05) is 6.42 Å². The standard InChI is InChI=1S/C14H13NO2S/c1-18(16,17)15-13-8-4-2-6-11(13)10-12-7-3-5-9-14(12)15/h2-9H,10H2,1H3. The molecule has 0 aliphatic carbocycles. The quantitative estimate of drug-likeness (QED) is 0.789. The number of para-hydroxylation sites is 2. The molecule has 0 fully saturated rings. The largest absolute Gasteiger partial charge is 0.238 e. The second kappa shape index (κ2) is 3.85. The second-order valence-corrected chi connectivity index (χ2v) is 6.29. The fourth-order valence-corrected chi connectivity index (χ4v) is 3.48. The van der Waals surface area contributed by atoms with Crippen LogP contribution in [0, 0.1) is 0 Å². The van der Waals surface area contributed by atoms with E-state index in [9.17, 15) is 8.42 Å². The molecule has 0 spiro atoms. The van der Waals surface area contributed by atoms with Crippen LogP contribution in [-0.2, 0) is 16.4 Å². The molecule has 2 aromatic rings. The van der Waals surface area contributed by atoms with Crippen LogP contribution in [0.25, 0.3) is 0 Å². The smallest absolute Gasteiger partial charge is 0.236 e. The third-order valence-corrected chi connectivity index (χ3v) is 4.19. The van der Waals surface area contributed by atoms with Gasteiger partial charge in [-0.3, -0.25) is 0 Å². The highest BCUT2D eigenvalue weighted by Gasteiger charge is 2.28. The zero-order valence-electron chi connectivity index (χ0n) is 10.00. The predicted octanol–water partition coefficient (Wildman–Crippen LogP) is 2.69. The van der Waals surface area contributed by atoms with Crippen molar-refractivity contribution in [2.75, 3.05) is 10.6 Å². The molecule has 3 nitrogen and oxygen atoms in total. The Morgan fingerprint density at radius 1 is 0.889 bits per heavy atom. The lowest BCUT2D eigenvalue weighted by molar-refractivity contribution is 0.601. The van der Waals surface area contributed by atoms with E-state index in [4.69, 9.17) is 0 Å². The van der Waals surface area contributed by atoms with Crippen molar-refractivity contribution in [3.63, 3.8) is 0 Å². The summed E-state index contributed by atoms with van der Waals surface area (Å²) in [6.07, 6.45) is 2.02. The normalized spacial score (nSPS) is 13.9. The summed E-state index contributed by atoms with van der Waals surface area (Å²) in [5.74, 6) is 0. The van der Waals surface area contributed by atoms with Gasteiger partial charge < -0.3 is 0 Å². The van der Waals surface area contributed by atoms with Crippen molar-refractivity contribution >= 4 is 21.4 Å². The van der Waals surface area contributed by atoms with E-state index in [-0.39, 0.29) is 0 Å². The van der Waals surface area contributed by atoms with Crippen molar-refractivity contribution in [2.45, 2.75) is 6.42 Å². The van der Waals surface area contributed by atoms with Crippen molar-refractivity contribution in [3.8, 4) is 0 Å². The predicted molar refractivity (Wildman–Crippen MR) is 72.7 cm³/mol. The Bertz CT molecular complexity index is 662. The van der Waals surface area contributed by atoms with Gasteiger partial charge >= 0.3 is 0 Å². The molecule has 2 aromatic carbocycles. The molecule has 0 radical (unpaired) electrons. The molecule has 0 saturated heterocycles. The summed E-state index contributed by atoms with van der Waals surface area (Å²) in [7, 11) is -3.32. The van der Waals surface area contributed by atoms with Gasteiger partial charge in [0.25, 0.3) is 0 Å². The summed E-state index contributed by atoms with van der Waals surface area (Å²) >= 11 is 0. The number of nitrogens with zero attached hydrogens (tertiary/aromatic N) is 1. The first kappa shape index (κ1) is 11.3. The molecule has 1 aliphatic rings. The van der Waals surface area contributed by atoms with Gasteiger partial charge in [-0.2, -0.15) is 0 Å². The van der Waals surface area contributed by atoms with Crippen LogP contribution in [-0.4, -0.2) is 14.7 Å². The van der Waals surface area contributed by atoms with Crippen LogP contribution in [0.1, 0.15) is 11.1 Å². The Labute approximate surface area is 107 Å². The van der Waals surface area contributed by atoms with Crippen molar-refractivity contribution < 1.29 is 8.42 Å². The van der Waals surface area contributed by atoms with Crippen molar-refractivity contribution in [2.24, 2.45) is 0 Å². The van der Waals surface area contributed by atoms with Crippen LogP contribution in [0.3, 0.4) is 0 Å². The molecule has 1 aliphatic heterocycles. The van der Waals surface area contributed by atoms with E-state index in [2.05, 4.69) is 0 Å². The molecule has 0 aromatic heterocycles. The van der Waals surface area contributed by atoms with Crippen LogP contribution < -0.4 is 4.31 Å². The molecule has 92 valence electrons. The number of benzene rings is 2. The first-order valence-corrected chi connectivity index (χ1v) is 7.58. The highest BCUT2D eigenvalue weighted by molar-refractivity contribution is 7.92. The first-order chi connectivity index (χ1) is 8.57. The molecule has 0 amide bonds. The highest BCUT2D eigenvalue weighted by atomic mass is 32.2. The number of sulfonamides is 1. The summed E-state index contributed by atoms with van der Waals surface area (Å²) in [4.78, 5) is 0. The SMILES string of the molecule is CS(=O)(=O)N1c2ccccc2Cc2ccccc21. The van der Waals surface area contributed by atoms with Gasteiger partial charge in [0.15, 0.2) is 0 Å². The zero-order chi connectivity index (χ0) is 12.8. The molecule has 0 bridgehead atoms. The highest BCUT2D eigenvalue weighted by Crippen LogP contribution is 2.39. The van der Waals surface area contributed by atoms with Gasteiger partial charge in [-0.25, -0.2) is 12.7 Å². The molecule has 0 N–H and O–H groups in total. The summed E-state index contributed by atoms with van der Waals surface area (Å²) in [5.41, 5.74) is 3.61. The second-order valence-electron chi connectivity index (χ2n) is 4.46. The van der Waals surface area contributed by atoms with Gasteiger partial charge in [0.2, 0.25) is 10.0 Å². The molecular weight excluding hydrogens is 246 g/mol. The molecule has 1 heterocycles. The topological polar surface area (TPSA) is 37.4 Å². The summed E-state index contributed by atoms with van der Waals surface area (Å²) in [6.45, 7) is 0. The van der Waals surface area contributed by atoms with Gasteiger partial charge in [0.1, 0.15) is 0 Å². The monoisotopic (exact) mass is 259 g/mol. The lowest BCUT2D eigenvalue weighted by Gasteiger charge is -2.31. The van der Waals surface area contributed by atoms with E-state index in [0.717, 1.165) is 28.9 Å². The lowest BCUT2D eigenvalue weighted by Crippen LogP contribution is -2.29. The van der Waals surface area contributed by atoms with Crippen LogP contribution in [0.15, 0.2) is 48.5 Å². The average molecular weight is 259 g/mol. The maximum Gasteiger partial charge on any atom is 0.236 e. The summed E-state index contributed by atoms with van der Waals surface area (Å²) in [6, 6.07) is 15.3. The molecule has 0 unspecified atom stereocenters. The fraction of sp³-hybridized carbons (Fsp3) is 0.143. The van der Waals surface area contributed by atoms with Crippen LogP contribution in [0.5, 0.6) is 0 Å². The Balaban J connectivity index is 2.31. The molecule has 0 saturated carbocycles. The number of rotatable bonds is 1. The van der Waals surface area contributed by atoms with Gasteiger partial charge in [0.05, 0.1) is 17.6 Å². The van der Waals surface area contributed by atoms with E-state index < -0.39 is 10.0 Å². The summed E-state index contributed by atoms with van der Waals surface area (Å²) in [5, 5.41) is 0. The summed E-state index contributed by atoms with van der Waals surface area (Å²) < 4.78 is 25.5. The molecule has 18 heavy (non-hydrogen) atoms.